The molecular formula is C28H32N10O3. The summed E-state index contributed by atoms with van der Waals surface area (Å²) in [6, 6.07) is 11.5. The highest BCUT2D eigenvalue weighted by molar-refractivity contribution is 5.87. The van der Waals surface area contributed by atoms with E-state index in [0.29, 0.717) is 41.3 Å². The van der Waals surface area contributed by atoms with E-state index in [2.05, 4.69) is 53.6 Å². The Hall–Kier alpha value is -4.62. The van der Waals surface area contributed by atoms with Gasteiger partial charge in [0.1, 0.15) is 23.0 Å². The van der Waals surface area contributed by atoms with E-state index >= 15 is 0 Å². The molecule has 0 saturated carbocycles. The number of carbonyl (C=O) groups excluding carboxylic acids is 1. The molecule has 0 aliphatic carbocycles. The Kier molecular flexibility index (Phi) is 7.96. The fourth-order valence-corrected chi connectivity index (χ4v) is 5.02. The Bertz CT molecular complexity index is 1480. The van der Waals surface area contributed by atoms with E-state index in [-0.39, 0.29) is 11.9 Å². The number of amides is 1. The van der Waals surface area contributed by atoms with Crippen molar-refractivity contribution in [3.05, 3.63) is 60.8 Å². The summed E-state index contributed by atoms with van der Waals surface area (Å²) in [5.41, 5.74) is 2.27. The maximum absolute atomic E-state index is 12.2. The molecule has 13 nitrogen and oxygen atoms in total. The molecule has 0 radical (unpaired) electrons. The third-order valence-electron chi connectivity index (χ3n) is 7.03. The van der Waals surface area contributed by atoms with Crippen LogP contribution in [0.15, 0.2) is 59.7 Å². The van der Waals surface area contributed by atoms with Crippen molar-refractivity contribution in [1.29, 1.82) is 0 Å². The number of hydrogen-bond donors (Lipinski definition) is 3. The van der Waals surface area contributed by atoms with Crippen LogP contribution in [0.2, 0.25) is 0 Å². The van der Waals surface area contributed by atoms with E-state index in [1.807, 2.05) is 23.1 Å². The number of anilines is 3. The summed E-state index contributed by atoms with van der Waals surface area (Å²) in [5, 5.41) is 22.4. The van der Waals surface area contributed by atoms with Gasteiger partial charge in [0.25, 0.3) is 11.8 Å². The molecule has 2 aliphatic heterocycles. The van der Waals surface area contributed by atoms with Crippen molar-refractivity contribution >= 4 is 23.4 Å². The number of aromatic nitrogens is 6. The molecule has 2 aliphatic rings. The minimum absolute atomic E-state index is 0.0457. The van der Waals surface area contributed by atoms with Crippen LogP contribution in [0.25, 0.3) is 23.2 Å². The molecule has 0 bridgehead atoms. The van der Waals surface area contributed by atoms with Crippen molar-refractivity contribution in [3.8, 4) is 23.2 Å². The van der Waals surface area contributed by atoms with E-state index < -0.39 is 0 Å². The zero-order chi connectivity index (χ0) is 28.0. The quantitative estimate of drug-likeness (QED) is 0.261. The highest BCUT2D eigenvalue weighted by atomic mass is 16.5. The van der Waals surface area contributed by atoms with Gasteiger partial charge in [-0.05, 0) is 48.7 Å². The first kappa shape index (κ1) is 26.6. The molecule has 1 amide bonds. The van der Waals surface area contributed by atoms with Crippen molar-refractivity contribution in [2.24, 2.45) is 0 Å². The molecule has 13 heteroatoms. The average Bonchev–Trinajstić information content (AvgIpc) is 3.68. The van der Waals surface area contributed by atoms with Gasteiger partial charge in [-0.2, -0.15) is 5.10 Å². The van der Waals surface area contributed by atoms with Gasteiger partial charge >= 0.3 is 0 Å². The number of H-pyrrole nitrogens is 1. The summed E-state index contributed by atoms with van der Waals surface area (Å²) in [5.74, 6) is 2.53. The summed E-state index contributed by atoms with van der Waals surface area (Å²) in [6.45, 7) is 8.95. The second kappa shape index (κ2) is 12.3. The number of hydrogen-bond acceptors (Lipinski definition) is 11. The van der Waals surface area contributed by atoms with Crippen molar-refractivity contribution in [1.82, 2.24) is 40.2 Å². The maximum atomic E-state index is 12.2. The van der Waals surface area contributed by atoms with Crippen molar-refractivity contribution in [3.63, 3.8) is 0 Å². The summed E-state index contributed by atoms with van der Waals surface area (Å²) in [7, 11) is 0. The van der Waals surface area contributed by atoms with Crippen LogP contribution < -0.4 is 10.6 Å². The number of rotatable bonds is 9. The summed E-state index contributed by atoms with van der Waals surface area (Å²) >= 11 is 0. The van der Waals surface area contributed by atoms with Crippen LogP contribution in [0, 0.1) is 0 Å². The Morgan fingerprint density at radius 3 is 2.78 bits per heavy atom. The summed E-state index contributed by atoms with van der Waals surface area (Å²) in [4.78, 5) is 25.5. The lowest BCUT2D eigenvalue weighted by Crippen LogP contribution is -2.44. The zero-order valence-corrected chi connectivity index (χ0v) is 22.6. The molecule has 0 spiro atoms. The fraction of sp³-hybridized carbons (Fsp3) is 0.357. The van der Waals surface area contributed by atoms with Gasteiger partial charge in [-0.15, -0.1) is 10.2 Å². The maximum Gasteiger partial charge on any atom is 0.266 e. The van der Waals surface area contributed by atoms with Gasteiger partial charge in [-0.25, -0.2) is 4.98 Å². The van der Waals surface area contributed by atoms with Crippen LogP contribution in [0.5, 0.6) is 0 Å². The highest BCUT2D eigenvalue weighted by Crippen LogP contribution is 2.26. The predicted octanol–water partition coefficient (Wildman–Crippen LogP) is 3.08. The third-order valence-corrected chi connectivity index (χ3v) is 7.03. The second-order valence-electron chi connectivity index (χ2n) is 10.0. The van der Waals surface area contributed by atoms with Crippen LogP contribution >= 0.6 is 0 Å². The van der Waals surface area contributed by atoms with Gasteiger partial charge in [-0.3, -0.25) is 19.8 Å². The molecular weight excluding hydrogens is 524 g/mol. The van der Waals surface area contributed by atoms with E-state index in [9.17, 15) is 4.79 Å². The molecule has 1 atom stereocenters. The predicted molar refractivity (Wildman–Crippen MR) is 152 cm³/mol. The molecule has 6 heterocycles. The Morgan fingerprint density at radius 1 is 1.10 bits per heavy atom. The number of morpholine rings is 1. The molecule has 6 rings (SSSR count). The summed E-state index contributed by atoms with van der Waals surface area (Å²) in [6.07, 6.45) is 4.92. The van der Waals surface area contributed by atoms with Crippen molar-refractivity contribution < 1.29 is 13.9 Å². The van der Waals surface area contributed by atoms with E-state index in [1.165, 1.54) is 6.08 Å². The van der Waals surface area contributed by atoms with Gasteiger partial charge in [-0.1, -0.05) is 12.6 Å². The standard InChI is InChI=1S/C28H32N10O3/c1-2-26(39)38-9-5-6-20(18-38)30-23-14-19(17-37-10-12-40-13-11-37)15-24(31-23)32-25-16-22(33-34-25)28-36-35-27(41-28)21-7-3-4-8-29-21/h2-4,7-8,14-16,20H,1,5-6,9-13,17-18H2,(H3,30,31,32,33,34)/t20-/m0/s1. The number of likely N-dealkylation sites (tertiary alicyclic amines) is 1. The molecule has 0 aromatic carbocycles. The number of nitrogens with one attached hydrogen (secondary N) is 3. The molecule has 2 fully saturated rings. The lowest BCUT2D eigenvalue weighted by molar-refractivity contribution is -0.127. The lowest BCUT2D eigenvalue weighted by atomic mass is 10.1. The van der Waals surface area contributed by atoms with Crippen LogP contribution in [-0.4, -0.2) is 91.5 Å². The first-order valence-electron chi connectivity index (χ1n) is 13.7. The first-order chi connectivity index (χ1) is 20.1. The number of ether oxygens (including phenoxy) is 1. The normalized spacial score (nSPS) is 17.8. The number of carbonyl (C=O) groups is 1. The third kappa shape index (κ3) is 6.58. The number of pyridine rings is 2. The fourth-order valence-electron chi connectivity index (χ4n) is 5.02. The zero-order valence-electron chi connectivity index (χ0n) is 22.6. The molecule has 41 heavy (non-hydrogen) atoms. The molecule has 4 aromatic heterocycles. The molecule has 212 valence electrons. The smallest absolute Gasteiger partial charge is 0.266 e. The van der Waals surface area contributed by atoms with Crippen LogP contribution in [0.1, 0.15) is 18.4 Å². The Labute approximate surface area is 237 Å². The van der Waals surface area contributed by atoms with Gasteiger partial charge < -0.3 is 24.7 Å². The Balaban J connectivity index is 1.20. The van der Waals surface area contributed by atoms with Crippen LogP contribution in [0.4, 0.5) is 17.5 Å². The number of nitrogens with zero attached hydrogens (tertiary/aromatic N) is 7. The van der Waals surface area contributed by atoms with Crippen LogP contribution in [0.3, 0.4) is 0 Å². The molecule has 4 aromatic rings. The average molecular weight is 557 g/mol. The van der Waals surface area contributed by atoms with E-state index in [4.69, 9.17) is 14.1 Å². The molecule has 3 N–H and O–H groups in total. The highest BCUT2D eigenvalue weighted by Gasteiger charge is 2.23. The van der Waals surface area contributed by atoms with E-state index in [1.54, 1.807) is 18.3 Å². The SMILES string of the molecule is C=CC(=O)N1CCC[C@H](Nc2cc(CN3CCOCC3)cc(Nc3cc(-c4nnc(-c5ccccn5)o4)[nH]n3)n2)C1. The largest absolute Gasteiger partial charge is 0.413 e. The van der Waals surface area contributed by atoms with Gasteiger partial charge in [0.05, 0.1) is 13.2 Å². The van der Waals surface area contributed by atoms with Gasteiger partial charge in [0.2, 0.25) is 5.91 Å². The molecule has 2 saturated heterocycles. The Morgan fingerprint density at radius 2 is 1.95 bits per heavy atom. The topological polar surface area (TPSA) is 150 Å². The summed E-state index contributed by atoms with van der Waals surface area (Å²) < 4.78 is 11.3. The van der Waals surface area contributed by atoms with Crippen LogP contribution in [-0.2, 0) is 16.1 Å². The second-order valence-corrected chi connectivity index (χ2v) is 10.0. The van der Waals surface area contributed by atoms with Gasteiger partial charge in [0, 0.05) is 51.0 Å². The molecule has 0 unspecified atom stereocenters. The number of piperidine rings is 1. The monoisotopic (exact) mass is 556 g/mol. The lowest BCUT2D eigenvalue weighted by Gasteiger charge is -2.33. The number of aromatic amines is 1. The van der Waals surface area contributed by atoms with Gasteiger partial charge in [0.15, 0.2) is 5.82 Å². The minimum atomic E-state index is -0.0457. The van der Waals surface area contributed by atoms with Crippen molar-refractivity contribution in [2.45, 2.75) is 25.4 Å². The first-order valence-corrected chi connectivity index (χ1v) is 13.7. The van der Waals surface area contributed by atoms with Crippen molar-refractivity contribution in [2.75, 3.05) is 50.0 Å². The van der Waals surface area contributed by atoms with E-state index in [0.717, 1.165) is 63.6 Å². The minimum Gasteiger partial charge on any atom is -0.413 e.